The van der Waals surface area contributed by atoms with Crippen molar-refractivity contribution in [2.24, 2.45) is 5.73 Å². The molecule has 0 radical (unpaired) electrons. The molecule has 3 N–H and O–H groups in total. The molecule has 2 aromatic rings. The average Bonchev–Trinajstić information content (AvgIpc) is 2.81. The van der Waals surface area contributed by atoms with E-state index in [1.807, 2.05) is 47.1 Å². The summed E-state index contributed by atoms with van der Waals surface area (Å²) in [4.78, 5) is 21.9. The first-order valence-corrected chi connectivity index (χ1v) is 7.70. The summed E-state index contributed by atoms with van der Waals surface area (Å²) in [5.41, 5.74) is 6.04. The Bertz CT molecular complexity index is 657. The third-order valence-corrected chi connectivity index (χ3v) is 3.88. The maximum absolute atomic E-state index is 11.4. The number of primary amides is 1. The summed E-state index contributed by atoms with van der Waals surface area (Å²) < 4.78 is 1.99. The molecule has 0 aliphatic carbocycles. The molecule has 8 heteroatoms. The number of nitrogens with one attached hydrogen (secondary N) is 1. The lowest BCUT2D eigenvalue weighted by Crippen LogP contribution is -2.35. The van der Waals surface area contributed by atoms with Crippen molar-refractivity contribution in [3.63, 3.8) is 0 Å². The van der Waals surface area contributed by atoms with Gasteiger partial charge in [0.2, 0.25) is 5.91 Å². The van der Waals surface area contributed by atoms with Crippen LogP contribution in [0.2, 0.25) is 0 Å². The van der Waals surface area contributed by atoms with Crippen LogP contribution in [0.25, 0.3) is 0 Å². The van der Waals surface area contributed by atoms with Gasteiger partial charge in [-0.15, -0.1) is 10.2 Å². The minimum absolute atomic E-state index is 0.185. The van der Waals surface area contributed by atoms with Crippen molar-refractivity contribution in [3.8, 4) is 0 Å². The molecular weight excluding hydrogens is 302 g/mol. The molecule has 1 aromatic carbocycles. The third kappa shape index (κ3) is 4.59. The van der Waals surface area contributed by atoms with Crippen LogP contribution >= 0.6 is 11.8 Å². The van der Waals surface area contributed by atoms with Gasteiger partial charge in [-0.1, -0.05) is 42.1 Å². The van der Waals surface area contributed by atoms with E-state index < -0.39 is 11.9 Å². The van der Waals surface area contributed by atoms with Crippen LogP contribution in [0.1, 0.15) is 17.8 Å². The number of nitrogens with zero attached hydrogens (tertiary/aromatic N) is 3. The number of aryl methyl sites for hydroxylation is 1. The van der Waals surface area contributed by atoms with Crippen molar-refractivity contribution in [2.45, 2.75) is 25.0 Å². The number of nitrogens with two attached hydrogens (primary N) is 1. The van der Waals surface area contributed by atoms with Crippen LogP contribution in [0, 0.1) is 6.92 Å². The molecule has 0 saturated heterocycles. The largest absolute Gasteiger partial charge is 0.351 e. The van der Waals surface area contributed by atoms with Crippen LogP contribution in [0.5, 0.6) is 0 Å². The number of carbonyl (C=O) groups excluding carboxylic acids is 2. The highest BCUT2D eigenvalue weighted by molar-refractivity contribution is 7.99. The van der Waals surface area contributed by atoms with E-state index in [9.17, 15) is 9.59 Å². The monoisotopic (exact) mass is 319 g/mol. The van der Waals surface area contributed by atoms with Crippen molar-refractivity contribution in [1.29, 1.82) is 0 Å². The Labute approximate surface area is 132 Å². The fraction of sp³-hybridized carbons (Fsp3) is 0.286. The molecule has 0 spiro atoms. The van der Waals surface area contributed by atoms with Gasteiger partial charge in [-0.25, -0.2) is 4.79 Å². The van der Waals surface area contributed by atoms with Gasteiger partial charge in [0, 0.05) is 12.2 Å². The molecule has 1 heterocycles. The minimum atomic E-state index is -0.835. The Morgan fingerprint density at radius 1 is 1.27 bits per heavy atom. The molecule has 22 heavy (non-hydrogen) atoms. The fourth-order valence-electron chi connectivity index (χ4n) is 1.85. The normalized spacial score (nSPS) is 10.4. The predicted octanol–water partition coefficient (Wildman–Crippen LogP) is 1.31. The van der Waals surface area contributed by atoms with E-state index in [4.69, 9.17) is 5.73 Å². The fourth-order valence-corrected chi connectivity index (χ4v) is 2.77. The van der Waals surface area contributed by atoms with Crippen LogP contribution in [0.15, 0.2) is 35.5 Å². The van der Waals surface area contributed by atoms with Crippen molar-refractivity contribution < 1.29 is 9.59 Å². The molecule has 0 bridgehead atoms. The highest BCUT2D eigenvalue weighted by atomic mass is 32.2. The van der Waals surface area contributed by atoms with Crippen LogP contribution in [-0.2, 0) is 11.3 Å². The molecule has 0 unspecified atom stereocenters. The zero-order chi connectivity index (χ0) is 15.9. The van der Waals surface area contributed by atoms with Crippen LogP contribution in [0.4, 0.5) is 4.79 Å². The zero-order valence-corrected chi connectivity index (χ0v) is 13.0. The molecule has 3 amide bonds. The summed E-state index contributed by atoms with van der Waals surface area (Å²) >= 11 is 1.42. The highest BCUT2D eigenvalue weighted by Crippen LogP contribution is 2.19. The molecule has 0 aliphatic heterocycles. The van der Waals surface area contributed by atoms with E-state index in [2.05, 4.69) is 10.2 Å². The number of thioether (sulfide) groups is 1. The smallest absolute Gasteiger partial charge is 0.318 e. The highest BCUT2D eigenvalue weighted by Gasteiger charge is 2.11. The van der Waals surface area contributed by atoms with E-state index in [1.165, 1.54) is 11.8 Å². The van der Waals surface area contributed by atoms with E-state index in [0.29, 0.717) is 12.3 Å². The Morgan fingerprint density at radius 3 is 2.68 bits per heavy atom. The molecule has 0 aliphatic rings. The average molecular weight is 319 g/mol. The van der Waals surface area contributed by atoms with Gasteiger partial charge in [0.05, 0.1) is 6.54 Å². The van der Waals surface area contributed by atoms with E-state index in [-0.39, 0.29) is 6.42 Å². The first-order chi connectivity index (χ1) is 10.6. The maximum Gasteiger partial charge on any atom is 0.318 e. The number of amides is 3. The van der Waals surface area contributed by atoms with Gasteiger partial charge in [-0.2, -0.15) is 0 Å². The molecule has 7 nitrogen and oxygen atoms in total. The Balaban J connectivity index is 1.95. The van der Waals surface area contributed by atoms with Gasteiger partial charge in [-0.05, 0) is 12.5 Å². The van der Waals surface area contributed by atoms with Gasteiger partial charge in [0.1, 0.15) is 5.82 Å². The predicted molar refractivity (Wildman–Crippen MR) is 83.4 cm³/mol. The molecule has 0 saturated carbocycles. The van der Waals surface area contributed by atoms with Crippen molar-refractivity contribution >= 4 is 23.7 Å². The maximum atomic E-state index is 11.4. The first kappa shape index (κ1) is 16.0. The standard InChI is InChI=1S/C14H17N5O2S/c1-10-17-18-14(22-8-7-12(20)16-13(15)21)19(10)9-11-5-3-2-4-6-11/h2-6H,7-9H2,1H3,(H3,15,16,20,21). The SMILES string of the molecule is Cc1nnc(SCCC(=O)NC(N)=O)n1Cc1ccccc1. The van der Waals surface area contributed by atoms with E-state index in [0.717, 1.165) is 16.5 Å². The molecule has 116 valence electrons. The Hall–Kier alpha value is -2.35. The van der Waals surface area contributed by atoms with Gasteiger partial charge in [0.25, 0.3) is 0 Å². The summed E-state index contributed by atoms with van der Waals surface area (Å²) in [6.45, 7) is 2.56. The second-order valence-electron chi connectivity index (χ2n) is 4.61. The summed E-state index contributed by atoms with van der Waals surface area (Å²) in [7, 11) is 0. The zero-order valence-electron chi connectivity index (χ0n) is 12.2. The van der Waals surface area contributed by atoms with Crippen LogP contribution in [0.3, 0.4) is 0 Å². The number of benzene rings is 1. The van der Waals surface area contributed by atoms with Gasteiger partial charge in [0.15, 0.2) is 5.16 Å². The molecular formula is C14H17N5O2S. The second-order valence-corrected chi connectivity index (χ2v) is 5.67. The lowest BCUT2D eigenvalue weighted by molar-refractivity contribution is -0.119. The van der Waals surface area contributed by atoms with Gasteiger partial charge >= 0.3 is 6.03 Å². The van der Waals surface area contributed by atoms with Gasteiger partial charge in [-0.3, -0.25) is 10.1 Å². The van der Waals surface area contributed by atoms with Crippen molar-refractivity contribution in [1.82, 2.24) is 20.1 Å². The lowest BCUT2D eigenvalue weighted by atomic mass is 10.2. The number of carbonyl (C=O) groups is 2. The number of hydrogen-bond acceptors (Lipinski definition) is 5. The molecule has 0 atom stereocenters. The van der Waals surface area contributed by atoms with Gasteiger partial charge < -0.3 is 10.3 Å². The molecule has 1 aromatic heterocycles. The molecule has 0 fully saturated rings. The summed E-state index contributed by atoms with van der Waals surface area (Å²) in [5.74, 6) is 0.908. The second kappa shape index (κ2) is 7.60. The summed E-state index contributed by atoms with van der Waals surface area (Å²) in [6.07, 6.45) is 0.185. The number of urea groups is 1. The number of hydrogen-bond donors (Lipinski definition) is 2. The van der Waals surface area contributed by atoms with Crippen molar-refractivity contribution in [2.75, 3.05) is 5.75 Å². The van der Waals surface area contributed by atoms with Crippen LogP contribution < -0.4 is 11.1 Å². The number of aromatic nitrogens is 3. The van der Waals surface area contributed by atoms with Crippen LogP contribution in [-0.4, -0.2) is 32.5 Å². The Morgan fingerprint density at radius 2 is 2.00 bits per heavy atom. The summed E-state index contributed by atoms with van der Waals surface area (Å²) in [6, 6.07) is 9.17. The number of rotatable bonds is 6. The molecule has 2 rings (SSSR count). The first-order valence-electron chi connectivity index (χ1n) is 6.72. The van der Waals surface area contributed by atoms with E-state index in [1.54, 1.807) is 0 Å². The Kier molecular flexibility index (Phi) is 5.54. The summed E-state index contributed by atoms with van der Waals surface area (Å²) in [5, 5.41) is 11.0. The van der Waals surface area contributed by atoms with E-state index >= 15 is 0 Å². The lowest BCUT2D eigenvalue weighted by Gasteiger charge is -2.08. The minimum Gasteiger partial charge on any atom is -0.351 e. The number of imide groups is 1. The third-order valence-electron chi connectivity index (χ3n) is 2.91. The van der Waals surface area contributed by atoms with Crippen molar-refractivity contribution in [3.05, 3.63) is 41.7 Å². The quantitative estimate of drug-likeness (QED) is 0.782. The topological polar surface area (TPSA) is 103 Å².